The topological polar surface area (TPSA) is 80.5 Å². The quantitative estimate of drug-likeness (QED) is 0.624. The lowest BCUT2D eigenvalue weighted by Crippen LogP contribution is -2.22. The van der Waals surface area contributed by atoms with E-state index >= 15 is 0 Å². The van der Waals surface area contributed by atoms with Gasteiger partial charge in [0.15, 0.2) is 0 Å². The first-order valence-electron chi connectivity index (χ1n) is 6.97. The molecule has 2 rings (SSSR count). The van der Waals surface area contributed by atoms with E-state index in [1.165, 1.54) is 12.1 Å². The molecule has 0 bridgehead atoms. The van der Waals surface area contributed by atoms with E-state index < -0.39 is 10.0 Å². The van der Waals surface area contributed by atoms with Crippen LogP contribution in [0.5, 0.6) is 0 Å². The SMILES string of the molecule is C=CCN(Cc1ccc(S(N)(=O)=O)cc1)c1ccc(C=O)cc1. The molecule has 6 heteroatoms. The van der Waals surface area contributed by atoms with Crippen molar-refractivity contribution < 1.29 is 13.2 Å². The third-order valence-corrected chi connectivity index (χ3v) is 4.30. The van der Waals surface area contributed by atoms with Crippen LogP contribution in [-0.2, 0) is 16.6 Å². The maximum absolute atomic E-state index is 11.3. The number of carbonyl (C=O) groups excluding carboxylic acids is 1. The number of benzene rings is 2. The minimum atomic E-state index is -3.68. The number of primary sulfonamides is 1. The van der Waals surface area contributed by atoms with Gasteiger partial charge in [-0.1, -0.05) is 18.2 Å². The van der Waals surface area contributed by atoms with E-state index in [2.05, 4.69) is 11.5 Å². The van der Waals surface area contributed by atoms with Gasteiger partial charge in [-0.25, -0.2) is 13.6 Å². The van der Waals surface area contributed by atoms with Crippen molar-refractivity contribution in [1.29, 1.82) is 0 Å². The van der Waals surface area contributed by atoms with Gasteiger partial charge in [0, 0.05) is 24.3 Å². The van der Waals surface area contributed by atoms with Crippen LogP contribution in [0.3, 0.4) is 0 Å². The van der Waals surface area contributed by atoms with Gasteiger partial charge in [-0.2, -0.15) is 0 Å². The van der Waals surface area contributed by atoms with Crippen LogP contribution in [0, 0.1) is 0 Å². The third-order valence-electron chi connectivity index (χ3n) is 3.37. The van der Waals surface area contributed by atoms with E-state index in [4.69, 9.17) is 5.14 Å². The minimum Gasteiger partial charge on any atom is -0.363 e. The number of anilines is 1. The molecule has 0 aromatic heterocycles. The second-order valence-electron chi connectivity index (χ2n) is 5.07. The Bertz CT molecular complexity index is 782. The first-order valence-corrected chi connectivity index (χ1v) is 8.51. The average Bonchev–Trinajstić information content (AvgIpc) is 2.54. The Morgan fingerprint density at radius 1 is 1.04 bits per heavy atom. The Labute approximate surface area is 136 Å². The molecule has 0 unspecified atom stereocenters. The van der Waals surface area contributed by atoms with E-state index in [-0.39, 0.29) is 4.90 Å². The highest BCUT2D eigenvalue weighted by Crippen LogP contribution is 2.18. The lowest BCUT2D eigenvalue weighted by atomic mass is 10.1. The number of rotatable bonds is 7. The van der Waals surface area contributed by atoms with Crippen molar-refractivity contribution in [2.75, 3.05) is 11.4 Å². The highest BCUT2D eigenvalue weighted by atomic mass is 32.2. The van der Waals surface area contributed by atoms with Crippen molar-refractivity contribution >= 4 is 22.0 Å². The summed E-state index contributed by atoms with van der Waals surface area (Å²) in [6, 6.07) is 13.7. The molecular weight excluding hydrogens is 312 g/mol. The van der Waals surface area contributed by atoms with Crippen molar-refractivity contribution in [3.63, 3.8) is 0 Å². The van der Waals surface area contributed by atoms with Crippen LogP contribution in [0.1, 0.15) is 15.9 Å². The van der Waals surface area contributed by atoms with Crippen LogP contribution in [0.15, 0.2) is 66.1 Å². The summed E-state index contributed by atoms with van der Waals surface area (Å²) in [6.45, 7) is 4.96. The Kier molecular flexibility index (Phi) is 5.31. The highest BCUT2D eigenvalue weighted by molar-refractivity contribution is 7.89. The summed E-state index contributed by atoms with van der Waals surface area (Å²) in [6.07, 6.45) is 2.58. The van der Waals surface area contributed by atoms with Gasteiger partial charge < -0.3 is 4.90 Å². The van der Waals surface area contributed by atoms with Crippen LogP contribution >= 0.6 is 0 Å². The van der Waals surface area contributed by atoms with Crippen molar-refractivity contribution in [2.24, 2.45) is 5.14 Å². The minimum absolute atomic E-state index is 0.0897. The van der Waals surface area contributed by atoms with Gasteiger partial charge in [0.1, 0.15) is 6.29 Å². The number of carbonyl (C=O) groups is 1. The molecule has 0 amide bonds. The zero-order valence-electron chi connectivity index (χ0n) is 12.6. The number of nitrogens with two attached hydrogens (primary N) is 1. The average molecular weight is 330 g/mol. The van der Waals surface area contributed by atoms with E-state index in [0.717, 1.165) is 17.5 Å². The molecule has 0 spiro atoms. The molecule has 0 aliphatic carbocycles. The predicted molar refractivity (Wildman–Crippen MR) is 90.9 cm³/mol. The molecule has 0 fully saturated rings. The van der Waals surface area contributed by atoms with Gasteiger partial charge in [-0.3, -0.25) is 4.79 Å². The second-order valence-corrected chi connectivity index (χ2v) is 6.63. The number of nitrogens with zero attached hydrogens (tertiary/aromatic N) is 1. The lowest BCUT2D eigenvalue weighted by molar-refractivity contribution is 0.112. The fraction of sp³-hybridized carbons (Fsp3) is 0.118. The van der Waals surface area contributed by atoms with E-state index in [9.17, 15) is 13.2 Å². The smallest absolute Gasteiger partial charge is 0.238 e. The summed E-state index contributed by atoms with van der Waals surface area (Å²) in [5.74, 6) is 0. The Balaban J connectivity index is 2.21. The van der Waals surface area contributed by atoms with Crippen molar-refractivity contribution in [1.82, 2.24) is 0 Å². The van der Waals surface area contributed by atoms with E-state index in [0.29, 0.717) is 18.7 Å². The first-order chi connectivity index (χ1) is 10.9. The molecule has 2 aromatic carbocycles. The van der Waals surface area contributed by atoms with Gasteiger partial charge in [-0.15, -0.1) is 6.58 Å². The van der Waals surface area contributed by atoms with Gasteiger partial charge in [-0.05, 0) is 42.0 Å². The van der Waals surface area contributed by atoms with Gasteiger partial charge in [0.2, 0.25) is 10.0 Å². The molecule has 0 saturated carbocycles. The molecule has 0 aliphatic rings. The van der Waals surface area contributed by atoms with Crippen LogP contribution in [0.2, 0.25) is 0 Å². The molecule has 23 heavy (non-hydrogen) atoms. The number of sulfonamides is 1. The zero-order valence-corrected chi connectivity index (χ0v) is 13.4. The van der Waals surface area contributed by atoms with Crippen molar-refractivity contribution in [3.05, 3.63) is 72.3 Å². The molecule has 120 valence electrons. The fourth-order valence-electron chi connectivity index (χ4n) is 2.19. The summed E-state index contributed by atoms with van der Waals surface area (Å²) in [7, 11) is -3.68. The van der Waals surface area contributed by atoms with Crippen LogP contribution in [0.25, 0.3) is 0 Å². The molecule has 0 saturated heterocycles. The molecular formula is C17H18N2O3S. The molecule has 0 radical (unpaired) electrons. The molecule has 0 heterocycles. The molecule has 0 atom stereocenters. The Hall–Kier alpha value is -2.44. The van der Waals surface area contributed by atoms with E-state index in [1.54, 1.807) is 30.3 Å². The van der Waals surface area contributed by atoms with Crippen LogP contribution < -0.4 is 10.0 Å². The fourth-order valence-corrected chi connectivity index (χ4v) is 2.70. The summed E-state index contributed by atoms with van der Waals surface area (Å²) in [5, 5.41) is 5.09. The van der Waals surface area contributed by atoms with Gasteiger partial charge in [0.25, 0.3) is 0 Å². The summed E-state index contributed by atoms with van der Waals surface area (Å²) in [5.41, 5.74) is 2.51. The maximum Gasteiger partial charge on any atom is 0.238 e. The predicted octanol–water partition coefficient (Wildman–Crippen LogP) is 2.34. The van der Waals surface area contributed by atoms with Crippen molar-refractivity contribution in [2.45, 2.75) is 11.4 Å². The highest BCUT2D eigenvalue weighted by Gasteiger charge is 2.09. The summed E-state index contributed by atoms with van der Waals surface area (Å²) < 4.78 is 22.6. The molecule has 0 aliphatic heterocycles. The number of hydrogen-bond acceptors (Lipinski definition) is 4. The molecule has 2 N–H and O–H groups in total. The van der Waals surface area contributed by atoms with Crippen molar-refractivity contribution in [3.8, 4) is 0 Å². The number of hydrogen-bond donors (Lipinski definition) is 1. The van der Waals surface area contributed by atoms with Gasteiger partial charge in [0.05, 0.1) is 4.90 Å². The third kappa shape index (κ3) is 4.51. The lowest BCUT2D eigenvalue weighted by Gasteiger charge is -2.23. The number of aldehydes is 1. The van der Waals surface area contributed by atoms with E-state index in [1.807, 2.05) is 12.1 Å². The second kappa shape index (κ2) is 7.21. The Morgan fingerprint density at radius 3 is 2.13 bits per heavy atom. The largest absolute Gasteiger partial charge is 0.363 e. The van der Waals surface area contributed by atoms with Crippen LogP contribution in [-0.4, -0.2) is 21.2 Å². The normalized spacial score (nSPS) is 11.0. The van der Waals surface area contributed by atoms with Crippen LogP contribution in [0.4, 0.5) is 5.69 Å². The van der Waals surface area contributed by atoms with Gasteiger partial charge >= 0.3 is 0 Å². The Morgan fingerprint density at radius 2 is 1.65 bits per heavy atom. The molecule has 2 aromatic rings. The zero-order chi connectivity index (χ0) is 16.9. The maximum atomic E-state index is 11.3. The summed E-state index contributed by atoms with van der Waals surface area (Å²) >= 11 is 0. The molecule has 5 nitrogen and oxygen atoms in total. The standard InChI is InChI=1S/C17H18N2O3S/c1-2-11-19(16-7-3-15(13-20)4-8-16)12-14-5-9-17(10-6-14)23(18,21)22/h2-10,13H,1,11-12H2,(H2,18,21,22). The summed E-state index contributed by atoms with van der Waals surface area (Å²) in [4.78, 5) is 12.9. The first kappa shape index (κ1) is 16.9. The monoisotopic (exact) mass is 330 g/mol.